The summed E-state index contributed by atoms with van der Waals surface area (Å²) in [6.45, 7) is 1.85. The third kappa shape index (κ3) is 2.39. The normalized spacial score (nSPS) is 9.85. The van der Waals surface area contributed by atoms with Gasteiger partial charge in [0.25, 0.3) is 5.91 Å². The van der Waals surface area contributed by atoms with Crippen LogP contribution >= 0.6 is 11.3 Å². The first-order chi connectivity index (χ1) is 6.25. The SMILES string of the molecule is Cc1ccsc1C(=O)N/N=C/C#N. The maximum absolute atomic E-state index is 11.3. The smallest absolute Gasteiger partial charge is 0.266 e. The van der Waals surface area contributed by atoms with Crippen molar-refractivity contribution >= 4 is 23.5 Å². The van der Waals surface area contributed by atoms with Gasteiger partial charge in [0.05, 0.1) is 4.88 Å². The quantitative estimate of drug-likeness (QED) is 0.568. The highest BCUT2D eigenvalue weighted by Crippen LogP contribution is 2.14. The van der Waals surface area contributed by atoms with Crippen molar-refractivity contribution in [3.63, 3.8) is 0 Å². The zero-order valence-corrected chi connectivity index (χ0v) is 7.76. The van der Waals surface area contributed by atoms with Gasteiger partial charge in [0.2, 0.25) is 0 Å². The molecule has 0 atom stereocenters. The van der Waals surface area contributed by atoms with E-state index in [0.717, 1.165) is 11.8 Å². The number of carbonyl (C=O) groups is 1. The fraction of sp³-hybridized carbons (Fsp3) is 0.125. The average molecular weight is 193 g/mol. The highest BCUT2D eigenvalue weighted by atomic mass is 32.1. The molecule has 5 heteroatoms. The summed E-state index contributed by atoms with van der Waals surface area (Å²) in [6.07, 6.45) is 0.973. The zero-order valence-electron chi connectivity index (χ0n) is 6.94. The van der Waals surface area contributed by atoms with Crippen molar-refractivity contribution in [1.29, 1.82) is 5.26 Å². The molecule has 0 unspecified atom stereocenters. The van der Waals surface area contributed by atoms with Crippen LogP contribution < -0.4 is 5.43 Å². The molecule has 0 fully saturated rings. The van der Waals surface area contributed by atoms with E-state index in [-0.39, 0.29) is 5.91 Å². The molecule has 0 spiro atoms. The fourth-order valence-electron chi connectivity index (χ4n) is 0.776. The Morgan fingerprint density at radius 1 is 1.85 bits per heavy atom. The van der Waals surface area contributed by atoms with Gasteiger partial charge in [0.1, 0.15) is 12.3 Å². The number of hydrogen-bond donors (Lipinski definition) is 1. The summed E-state index contributed by atoms with van der Waals surface area (Å²) in [5.41, 5.74) is 3.16. The summed E-state index contributed by atoms with van der Waals surface area (Å²) in [5.74, 6) is -0.279. The molecule has 0 aliphatic carbocycles. The minimum Gasteiger partial charge on any atom is -0.266 e. The van der Waals surface area contributed by atoms with Crippen molar-refractivity contribution in [3.8, 4) is 6.07 Å². The number of nitrogens with zero attached hydrogens (tertiary/aromatic N) is 2. The molecule has 1 heterocycles. The first-order valence-corrected chi connectivity index (χ1v) is 4.39. The van der Waals surface area contributed by atoms with Crippen LogP contribution in [-0.4, -0.2) is 12.1 Å². The molecule has 1 N–H and O–H groups in total. The molecule has 1 amide bonds. The fourth-order valence-corrected chi connectivity index (χ4v) is 1.59. The number of carbonyl (C=O) groups excluding carboxylic acids is 1. The van der Waals surface area contributed by atoms with Gasteiger partial charge in [-0.15, -0.1) is 11.3 Å². The van der Waals surface area contributed by atoms with Crippen LogP contribution in [0.15, 0.2) is 16.5 Å². The molecule has 1 aromatic heterocycles. The minimum atomic E-state index is -0.279. The summed E-state index contributed by atoms with van der Waals surface area (Å²) in [6, 6.07) is 3.53. The topological polar surface area (TPSA) is 65.2 Å². The minimum absolute atomic E-state index is 0.279. The molecule has 0 bridgehead atoms. The van der Waals surface area contributed by atoms with E-state index in [1.54, 1.807) is 6.07 Å². The number of hydrazone groups is 1. The van der Waals surface area contributed by atoms with Crippen LogP contribution in [-0.2, 0) is 0 Å². The lowest BCUT2D eigenvalue weighted by atomic mass is 10.3. The number of hydrogen-bond acceptors (Lipinski definition) is 4. The second-order valence-corrected chi connectivity index (χ2v) is 3.18. The van der Waals surface area contributed by atoms with Crippen molar-refractivity contribution in [2.45, 2.75) is 6.92 Å². The molecule has 0 aliphatic rings. The second-order valence-electron chi connectivity index (χ2n) is 2.26. The Labute approximate surface area is 79.5 Å². The van der Waals surface area contributed by atoms with Gasteiger partial charge in [-0.2, -0.15) is 10.4 Å². The van der Waals surface area contributed by atoms with Crippen LogP contribution in [0, 0.1) is 18.3 Å². The number of nitriles is 1. The lowest BCUT2D eigenvalue weighted by Gasteiger charge is -1.95. The Kier molecular flexibility index (Phi) is 3.17. The highest BCUT2D eigenvalue weighted by molar-refractivity contribution is 7.12. The van der Waals surface area contributed by atoms with Crippen molar-refractivity contribution in [1.82, 2.24) is 5.43 Å². The largest absolute Gasteiger partial charge is 0.281 e. The van der Waals surface area contributed by atoms with Crippen LogP contribution in [0.1, 0.15) is 15.2 Å². The van der Waals surface area contributed by atoms with Gasteiger partial charge in [-0.1, -0.05) is 0 Å². The molecule has 66 valence electrons. The number of thiophene rings is 1. The summed E-state index contributed by atoms with van der Waals surface area (Å²) in [4.78, 5) is 11.9. The Hall–Kier alpha value is -1.67. The van der Waals surface area contributed by atoms with Crippen LogP contribution in [0.2, 0.25) is 0 Å². The molecule has 1 aromatic rings. The van der Waals surface area contributed by atoms with Crippen LogP contribution in [0.4, 0.5) is 0 Å². The first-order valence-electron chi connectivity index (χ1n) is 3.51. The van der Waals surface area contributed by atoms with E-state index in [1.807, 2.05) is 18.4 Å². The summed E-state index contributed by atoms with van der Waals surface area (Å²) < 4.78 is 0. The summed E-state index contributed by atoms with van der Waals surface area (Å²) >= 11 is 1.35. The Morgan fingerprint density at radius 3 is 3.15 bits per heavy atom. The van der Waals surface area contributed by atoms with Gasteiger partial charge in [-0.25, -0.2) is 5.43 Å². The second kappa shape index (κ2) is 4.38. The Morgan fingerprint density at radius 2 is 2.62 bits per heavy atom. The van der Waals surface area contributed by atoms with Crippen molar-refractivity contribution in [2.75, 3.05) is 0 Å². The van der Waals surface area contributed by atoms with Crippen molar-refractivity contribution < 1.29 is 4.79 Å². The van der Waals surface area contributed by atoms with E-state index in [2.05, 4.69) is 10.5 Å². The van der Waals surface area contributed by atoms with Gasteiger partial charge in [-0.3, -0.25) is 4.79 Å². The third-order valence-electron chi connectivity index (χ3n) is 1.36. The predicted octanol–water partition coefficient (Wildman–Crippen LogP) is 1.30. The molecule has 0 radical (unpaired) electrons. The highest BCUT2D eigenvalue weighted by Gasteiger charge is 2.08. The molecule has 0 saturated carbocycles. The van der Waals surface area contributed by atoms with E-state index in [1.165, 1.54) is 11.3 Å². The number of rotatable bonds is 2. The predicted molar refractivity (Wildman–Crippen MR) is 50.6 cm³/mol. The van der Waals surface area contributed by atoms with E-state index < -0.39 is 0 Å². The van der Waals surface area contributed by atoms with Gasteiger partial charge >= 0.3 is 0 Å². The first kappa shape index (κ1) is 9.42. The summed E-state index contributed by atoms with van der Waals surface area (Å²) in [7, 11) is 0. The van der Waals surface area contributed by atoms with E-state index in [4.69, 9.17) is 5.26 Å². The molecular weight excluding hydrogens is 186 g/mol. The van der Waals surface area contributed by atoms with E-state index >= 15 is 0 Å². The lowest BCUT2D eigenvalue weighted by Crippen LogP contribution is -2.16. The van der Waals surface area contributed by atoms with Gasteiger partial charge in [0.15, 0.2) is 0 Å². The van der Waals surface area contributed by atoms with Gasteiger partial charge < -0.3 is 0 Å². The van der Waals surface area contributed by atoms with Crippen molar-refractivity contribution in [3.05, 3.63) is 21.9 Å². The van der Waals surface area contributed by atoms with Gasteiger partial charge in [0, 0.05) is 0 Å². The molecule has 0 aliphatic heterocycles. The number of amides is 1. The molecule has 1 rings (SSSR count). The number of aryl methyl sites for hydroxylation is 1. The average Bonchev–Trinajstić information content (AvgIpc) is 2.52. The Bertz CT molecular complexity index is 375. The number of nitrogens with one attached hydrogen (secondary N) is 1. The van der Waals surface area contributed by atoms with Crippen molar-refractivity contribution in [2.24, 2.45) is 5.10 Å². The van der Waals surface area contributed by atoms with Crippen LogP contribution in [0.5, 0.6) is 0 Å². The van der Waals surface area contributed by atoms with Crippen LogP contribution in [0.3, 0.4) is 0 Å². The standard InChI is InChI=1S/C8H7N3OS/c1-6-2-5-13-7(6)8(12)11-10-4-3-9/h2,4-5H,1H3,(H,11,12)/b10-4+. The van der Waals surface area contributed by atoms with Gasteiger partial charge in [-0.05, 0) is 23.9 Å². The summed E-state index contributed by atoms with van der Waals surface area (Å²) in [5, 5.41) is 13.4. The van der Waals surface area contributed by atoms with E-state index in [9.17, 15) is 4.79 Å². The Balaban J connectivity index is 2.66. The maximum atomic E-state index is 11.3. The molecular formula is C8H7N3OS. The lowest BCUT2D eigenvalue weighted by molar-refractivity contribution is 0.0958. The monoisotopic (exact) mass is 193 g/mol. The molecule has 4 nitrogen and oxygen atoms in total. The maximum Gasteiger partial charge on any atom is 0.281 e. The molecule has 0 aromatic carbocycles. The molecule has 0 saturated heterocycles. The molecule has 13 heavy (non-hydrogen) atoms. The van der Waals surface area contributed by atoms with E-state index in [0.29, 0.717) is 4.88 Å². The third-order valence-corrected chi connectivity index (χ3v) is 2.37. The van der Waals surface area contributed by atoms with Crippen LogP contribution in [0.25, 0.3) is 0 Å². The zero-order chi connectivity index (χ0) is 9.68.